The molecule has 0 heterocycles. The van der Waals surface area contributed by atoms with Crippen LogP contribution in [0.4, 0.5) is 0 Å². The summed E-state index contributed by atoms with van der Waals surface area (Å²) in [5, 5.41) is 0. The van der Waals surface area contributed by atoms with Gasteiger partial charge in [0.05, 0.1) is 47.5 Å². The Morgan fingerprint density at radius 1 is 0.684 bits per heavy atom. The van der Waals surface area contributed by atoms with E-state index in [0.717, 1.165) is 30.5 Å². The van der Waals surface area contributed by atoms with Gasteiger partial charge in [0.25, 0.3) is 0 Å². The minimum atomic E-state index is -1.90. The molecular weight excluding hydrogens is 497 g/mol. The smallest absolute Gasteiger partial charge is 0.329 e. The SMILES string of the molecule is CCCCCCCCCCCCCCCCCCCOCC(COP(O)OCCC[N+](C)(C)C)CC(C)=O. The number of carbonyl (C=O) groups excluding carboxylic acids is 1. The quantitative estimate of drug-likeness (QED) is 0.0539. The van der Waals surface area contributed by atoms with E-state index in [1.54, 1.807) is 6.92 Å². The number of ketones is 1. The van der Waals surface area contributed by atoms with Crippen molar-refractivity contribution >= 4 is 14.4 Å². The van der Waals surface area contributed by atoms with Crippen LogP contribution in [0.5, 0.6) is 0 Å². The highest BCUT2D eigenvalue weighted by Gasteiger charge is 2.16. The maximum atomic E-state index is 11.6. The minimum Gasteiger partial charge on any atom is -0.381 e. The van der Waals surface area contributed by atoms with E-state index in [1.807, 2.05) is 0 Å². The van der Waals surface area contributed by atoms with E-state index in [-0.39, 0.29) is 18.3 Å². The molecule has 0 aromatic carbocycles. The van der Waals surface area contributed by atoms with Crippen LogP contribution in [0.25, 0.3) is 0 Å². The van der Waals surface area contributed by atoms with E-state index in [9.17, 15) is 9.69 Å². The fourth-order valence-corrected chi connectivity index (χ4v) is 5.34. The third-order valence-electron chi connectivity index (χ3n) is 6.92. The van der Waals surface area contributed by atoms with Crippen LogP contribution < -0.4 is 0 Å². The van der Waals surface area contributed by atoms with Crippen molar-refractivity contribution in [3.8, 4) is 0 Å². The molecule has 0 saturated carbocycles. The van der Waals surface area contributed by atoms with Gasteiger partial charge in [0.2, 0.25) is 0 Å². The van der Waals surface area contributed by atoms with Crippen molar-refractivity contribution < 1.29 is 28.0 Å². The molecule has 0 aliphatic carbocycles. The monoisotopic (exact) mass is 562 g/mol. The summed E-state index contributed by atoms with van der Waals surface area (Å²) in [6.45, 7) is 6.83. The first kappa shape index (κ1) is 37.9. The Morgan fingerprint density at radius 2 is 1.16 bits per heavy atom. The van der Waals surface area contributed by atoms with Crippen molar-refractivity contribution in [3.63, 3.8) is 0 Å². The summed E-state index contributed by atoms with van der Waals surface area (Å²) in [6, 6.07) is 0. The molecule has 228 valence electrons. The topological polar surface area (TPSA) is 65.0 Å². The molecule has 38 heavy (non-hydrogen) atoms. The fourth-order valence-electron chi connectivity index (χ4n) is 4.64. The Bertz CT molecular complexity index is 515. The number of unbranched alkanes of at least 4 members (excludes halogenated alkanes) is 16. The fraction of sp³-hybridized carbons (Fsp3) is 0.968. The van der Waals surface area contributed by atoms with Crippen molar-refractivity contribution in [2.24, 2.45) is 5.92 Å². The maximum Gasteiger partial charge on any atom is 0.329 e. The van der Waals surface area contributed by atoms with Gasteiger partial charge in [-0.2, -0.15) is 0 Å². The van der Waals surface area contributed by atoms with Gasteiger partial charge in [-0.25, -0.2) is 0 Å². The lowest BCUT2D eigenvalue weighted by Gasteiger charge is -2.23. The minimum absolute atomic E-state index is 0.0368. The van der Waals surface area contributed by atoms with Crippen LogP contribution in [-0.2, 0) is 18.6 Å². The zero-order chi connectivity index (χ0) is 28.3. The molecule has 0 aromatic heterocycles. The zero-order valence-corrected chi connectivity index (χ0v) is 26.9. The van der Waals surface area contributed by atoms with Gasteiger partial charge in [0.1, 0.15) is 5.78 Å². The molecule has 0 aliphatic heterocycles. The van der Waals surface area contributed by atoms with Crippen molar-refractivity contribution in [1.82, 2.24) is 0 Å². The molecule has 0 spiro atoms. The van der Waals surface area contributed by atoms with E-state index in [0.29, 0.717) is 19.6 Å². The predicted molar refractivity (Wildman–Crippen MR) is 162 cm³/mol. The number of ether oxygens (including phenoxy) is 1. The lowest BCUT2D eigenvalue weighted by molar-refractivity contribution is -0.870. The first-order chi connectivity index (χ1) is 18.2. The number of quaternary nitrogens is 1. The van der Waals surface area contributed by atoms with Crippen LogP contribution in [0, 0.1) is 5.92 Å². The Hall–Kier alpha value is -0.100. The molecule has 0 rings (SSSR count). The second-order valence-electron chi connectivity index (χ2n) is 12.2. The number of carbonyl (C=O) groups is 1. The molecule has 0 bridgehead atoms. The molecule has 6 nitrogen and oxygen atoms in total. The predicted octanol–water partition coefficient (Wildman–Crippen LogP) is 8.60. The van der Waals surface area contributed by atoms with Gasteiger partial charge in [-0.05, 0) is 13.3 Å². The second kappa shape index (κ2) is 27.1. The summed E-state index contributed by atoms with van der Waals surface area (Å²) in [7, 11) is 4.49. The van der Waals surface area contributed by atoms with E-state index in [4.69, 9.17) is 13.8 Å². The van der Waals surface area contributed by atoms with E-state index < -0.39 is 8.60 Å². The lowest BCUT2D eigenvalue weighted by atomic mass is 10.0. The van der Waals surface area contributed by atoms with Crippen LogP contribution >= 0.6 is 8.60 Å². The van der Waals surface area contributed by atoms with Gasteiger partial charge in [-0.3, -0.25) is 0 Å². The lowest BCUT2D eigenvalue weighted by Crippen LogP contribution is -2.35. The largest absolute Gasteiger partial charge is 0.381 e. The summed E-state index contributed by atoms with van der Waals surface area (Å²) < 4.78 is 17.6. The van der Waals surface area contributed by atoms with Crippen LogP contribution in [-0.4, -0.2) is 69.3 Å². The Morgan fingerprint density at radius 3 is 1.61 bits per heavy atom. The van der Waals surface area contributed by atoms with Gasteiger partial charge in [0.15, 0.2) is 0 Å². The molecule has 0 amide bonds. The third kappa shape index (κ3) is 30.4. The summed E-state index contributed by atoms with van der Waals surface area (Å²) in [5.74, 6) is 0.0800. The van der Waals surface area contributed by atoms with Gasteiger partial charge < -0.3 is 28.0 Å². The molecule has 1 N–H and O–H groups in total. The van der Waals surface area contributed by atoms with E-state index >= 15 is 0 Å². The summed E-state index contributed by atoms with van der Waals surface area (Å²) in [5.41, 5.74) is 0. The van der Waals surface area contributed by atoms with Crippen LogP contribution in [0.1, 0.15) is 136 Å². The summed E-state index contributed by atoms with van der Waals surface area (Å²) >= 11 is 0. The summed E-state index contributed by atoms with van der Waals surface area (Å²) in [4.78, 5) is 21.6. The highest BCUT2D eigenvalue weighted by atomic mass is 31.2. The molecule has 7 heteroatoms. The number of hydrogen-bond donors (Lipinski definition) is 1. The van der Waals surface area contributed by atoms with Gasteiger partial charge >= 0.3 is 8.60 Å². The first-order valence-electron chi connectivity index (χ1n) is 15.9. The average molecular weight is 563 g/mol. The average Bonchev–Trinajstić information content (AvgIpc) is 2.85. The Balaban J connectivity index is 3.57. The number of nitrogens with zero attached hydrogens (tertiary/aromatic N) is 1. The number of rotatable bonds is 30. The highest BCUT2D eigenvalue weighted by molar-refractivity contribution is 7.40. The molecule has 2 unspecified atom stereocenters. The highest BCUT2D eigenvalue weighted by Crippen LogP contribution is 2.33. The number of Topliss-reactive ketones (excluding diaryl/α,β-unsaturated/α-hetero) is 1. The Labute approximate surface area is 238 Å². The Kier molecular flexibility index (Phi) is 27.0. The molecule has 2 atom stereocenters. The molecule has 0 saturated heterocycles. The van der Waals surface area contributed by atoms with Crippen LogP contribution in [0.3, 0.4) is 0 Å². The molecular formula is C31H65NO5P+. The summed E-state index contributed by atoms with van der Waals surface area (Å²) in [6.07, 6.45) is 24.5. The maximum absolute atomic E-state index is 11.6. The normalized spacial score (nSPS) is 13.6. The van der Waals surface area contributed by atoms with Gasteiger partial charge in [-0.1, -0.05) is 110 Å². The van der Waals surface area contributed by atoms with E-state index in [2.05, 4.69) is 28.1 Å². The molecule has 0 aliphatic rings. The van der Waals surface area contributed by atoms with Crippen molar-refractivity contribution in [2.45, 2.75) is 136 Å². The van der Waals surface area contributed by atoms with Crippen molar-refractivity contribution in [3.05, 3.63) is 0 Å². The van der Waals surface area contributed by atoms with Crippen molar-refractivity contribution in [1.29, 1.82) is 0 Å². The molecule has 0 fully saturated rings. The molecule has 0 aromatic rings. The molecule has 0 radical (unpaired) electrons. The second-order valence-corrected chi connectivity index (χ2v) is 13.2. The standard InChI is InChI=1S/C31H65NO5P/c1-6-7-8-9-10-11-12-13-14-15-16-17-18-19-20-21-22-25-35-28-31(27-30(2)33)29-37-38(34)36-26-23-24-32(3,4)5/h31,34H,6-29H2,1-5H3/q+1. The van der Waals surface area contributed by atoms with Crippen LogP contribution in [0.2, 0.25) is 0 Å². The van der Waals surface area contributed by atoms with E-state index in [1.165, 1.54) is 103 Å². The third-order valence-corrected chi connectivity index (χ3v) is 7.69. The van der Waals surface area contributed by atoms with Gasteiger partial charge in [-0.15, -0.1) is 0 Å². The van der Waals surface area contributed by atoms with Crippen molar-refractivity contribution in [2.75, 3.05) is 54.1 Å². The van der Waals surface area contributed by atoms with Gasteiger partial charge in [0, 0.05) is 25.4 Å². The van der Waals surface area contributed by atoms with Crippen LogP contribution in [0.15, 0.2) is 0 Å². The first-order valence-corrected chi connectivity index (χ1v) is 17.0. The number of hydrogen-bond acceptors (Lipinski definition) is 5. The zero-order valence-electron chi connectivity index (χ0n) is 26.0.